The number of pyridine rings is 1. The van der Waals surface area contributed by atoms with E-state index in [1.807, 2.05) is 12.1 Å². The van der Waals surface area contributed by atoms with Crippen molar-refractivity contribution in [2.45, 2.75) is 25.4 Å². The molecule has 1 saturated carbocycles. The third-order valence-electron chi connectivity index (χ3n) is 4.86. The van der Waals surface area contributed by atoms with Crippen molar-refractivity contribution in [3.63, 3.8) is 0 Å². The number of carbonyl (C=O) groups is 1. The third-order valence-corrected chi connectivity index (χ3v) is 4.86. The van der Waals surface area contributed by atoms with Crippen molar-refractivity contribution in [3.8, 4) is 0 Å². The highest BCUT2D eigenvalue weighted by molar-refractivity contribution is 5.89. The van der Waals surface area contributed by atoms with Gasteiger partial charge < -0.3 is 15.5 Å². The first kappa shape index (κ1) is 16.8. The number of benzene rings is 1. The molecule has 2 aliphatic rings. The van der Waals surface area contributed by atoms with E-state index in [0.717, 1.165) is 57.1 Å². The molecule has 4 rings (SSSR count). The van der Waals surface area contributed by atoms with E-state index in [1.165, 1.54) is 5.56 Å². The number of aromatic nitrogens is 1. The summed E-state index contributed by atoms with van der Waals surface area (Å²) in [6.45, 7) is 4.99. The summed E-state index contributed by atoms with van der Waals surface area (Å²) in [7, 11) is 0. The van der Waals surface area contributed by atoms with E-state index in [0.29, 0.717) is 6.04 Å². The van der Waals surface area contributed by atoms with Gasteiger partial charge in [0.15, 0.2) is 0 Å². The zero-order valence-electron chi connectivity index (χ0n) is 14.9. The van der Waals surface area contributed by atoms with Crippen molar-refractivity contribution in [1.82, 2.24) is 15.2 Å². The first-order chi connectivity index (χ1) is 12.8. The number of rotatable bonds is 5. The Hall–Kier alpha value is -2.60. The molecular weight excluding hydrogens is 326 g/mol. The Morgan fingerprint density at radius 3 is 2.46 bits per heavy atom. The second-order valence-corrected chi connectivity index (χ2v) is 7.03. The van der Waals surface area contributed by atoms with Crippen LogP contribution in [0.1, 0.15) is 18.4 Å². The highest BCUT2D eigenvalue weighted by Gasteiger charge is 2.23. The molecule has 1 aromatic carbocycles. The van der Waals surface area contributed by atoms with E-state index in [2.05, 4.69) is 55.7 Å². The summed E-state index contributed by atoms with van der Waals surface area (Å²) in [5.41, 5.74) is 2.09. The molecule has 0 atom stereocenters. The lowest BCUT2D eigenvalue weighted by Crippen LogP contribution is -2.46. The van der Waals surface area contributed by atoms with E-state index in [1.54, 1.807) is 6.20 Å². The lowest BCUT2D eigenvalue weighted by Gasteiger charge is -2.35. The van der Waals surface area contributed by atoms with Crippen LogP contribution in [0, 0.1) is 0 Å². The largest absolute Gasteiger partial charge is 0.354 e. The van der Waals surface area contributed by atoms with Gasteiger partial charge in [0.05, 0.1) is 11.9 Å². The summed E-state index contributed by atoms with van der Waals surface area (Å²) in [6, 6.07) is 14.7. The second-order valence-electron chi connectivity index (χ2n) is 7.03. The van der Waals surface area contributed by atoms with Gasteiger partial charge in [-0.2, -0.15) is 0 Å². The van der Waals surface area contributed by atoms with Crippen LogP contribution >= 0.6 is 0 Å². The molecule has 2 aromatic rings. The summed E-state index contributed by atoms with van der Waals surface area (Å²) in [4.78, 5) is 21.1. The molecule has 2 N–H and O–H groups in total. The highest BCUT2D eigenvalue weighted by Crippen LogP contribution is 2.20. The molecule has 6 heteroatoms. The Balaban J connectivity index is 1.26. The van der Waals surface area contributed by atoms with Gasteiger partial charge in [0.2, 0.25) is 0 Å². The van der Waals surface area contributed by atoms with Crippen LogP contribution in [0.15, 0.2) is 48.7 Å². The number of carbonyl (C=O) groups excluding carboxylic acids is 1. The van der Waals surface area contributed by atoms with E-state index in [-0.39, 0.29) is 6.03 Å². The minimum Gasteiger partial charge on any atom is -0.354 e. The minimum absolute atomic E-state index is 0.142. The average molecular weight is 351 g/mol. The standard InChI is InChI=1S/C20H25N5O/c26-20(22-17-6-7-17)23-18-8-9-19(21-14-18)25-12-10-24(11-13-25)15-16-4-2-1-3-5-16/h1-5,8-9,14,17H,6-7,10-13,15H2,(H2,22,23,26). The van der Waals surface area contributed by atoms with Crippen molar-refractivity contribution in [3.05, 3.63) is 54.2 Å². The Morgan fingerprint density at radius 2 is 1.81 bits per heavy atom. The first-order valence-corrected chi connectivity index (χ1v) is 9.31. The fourth-order valence-corrected chi connectivity index (χ4v) is 3.20. The Bertz CT molecular complexity index is 722. The van der Waals surface area contributed by atoms with Crippen molar-refractivity contribution in [2.75, 3.05) is 36.4 Å². The fourth-order valence-electron chi connectivity index (χ4n) is 3.20. The molecular formula is C20H25N5O. The fraction of sp³-hybridized carbons (Fsp3) is 0.400. The predicted molar refractivity (Wildman–Crippen MR) is 103 cm³/mol. The van der Waals surface area contributed by atoms with Crippen LogP contribution in [0.2, 0.25) is 0 Å². The molecule has 1 aliphatic heterocycles. The van der Waals surface area contributed by atoms with Crippen LogP contribution in [-0.4, -0.2) is 48.1 Å². The summed E-state index contributed by atoms with van der Waals surface area (Å²) in [5, 5.41) is 5.75. The van der Waals surface area contributed by atoms with Gasteiger partial charge in [0, 0.05) is 38.8 Å². The lowest BCUT2D eigenvalue weighted by atomic mass is 10.2. The van der Waals surface area contributed by atoms with Gasteiger partial charge >= 0.3 is 6.03 Å². The number of piperazine rings is 1. The number of anilines is 2. The average Bonchev–Trinajstić information content (AvgIpc) is 3.48. The molecule has 2 amide bonds. The number of hydrogen-bond acceptors (Lipinski definition) is 4. The first-order valence-electron chi connectivity index (χ1n) is 9.31. The SMILES string of the molecule is O=C(Nc1ccc(N2CCN(Cc3ccccc3)CC2)nc1)NC1CC1. The molecule has 2 fully saturated rings. The molecule has 2 heterocycles. The number of urea groups is 1. The topological polar surface area (TPSA) is 60.5 Å². The predicted octanol–water partition coefficient (Wildman–Crippen LogP) is 2.69. The molecule has 26 heavy (non-hydrogen) atoms. The summed E-state index contributed by atoms with van der Waals surface area (Å²) in [5.74, 6) is 0.970. The molecule has 0 unspecified atom stereocenters. The van der Waals surface area contributed by atoms with Gasteiger partial charge in [-0.25, -0.2) is 9.78 Å². The smallest absolute Gasteiger partial charge is 0.319 e. The maximum Gasteiger partial charge on any atom is 0.319 e. The van der Waals surface area contributed by atoms with Crippen molar-refractivity contribution in [1.29, 1.82) is 0 Å². The molecule has 1 aliphatic carbocycles. The number of nitrogens with zero attached hydrogens (tertiary/aromatic N) is 3. The number of nitrogens with one attached hydrogen (secondary N) is 2. The van der Waals surface area contributed by atoms with Crippen LogP contribution in [0.4, 0.5) is 16.3 Å². The Morgan fingerprint density at radius 1 is 1.04 bits per heavy atom. The monoisotopic (exact) mass is 351 g/mol. The molecule has 1 saturated heterocycles. The van der Waals surface area contributed by atoms with E-state index in [4.69, 9.17) is 0 Å². The summed E-state index contributed by atoms with van der Waals surface area (Å²) < 4.78 is 0. The minimum atomic E-state index is -0.142. The molecule has 0 radical (unpaired) electrons. The summed E-state index contributed by atoms with van der Waals surface area (Å²) >= 11 is 0. The van der Waals surface area contributed by atoms with Crippen LogP contribution in [0.3, 0.4) is 0 Å². The molecule has 6 nitrogen and oxygen atoms in total. The summed E-state index contributed by atoms with van der Waals surface area (Å²) in [6.07, 6.45) is 3.90. The number of hydrogen-bond donors (Lipinski definition) is 2. The van der Waals surface area contributed by atoms with Crippen molar-refractivity contribution >= 4 is 17.5 Å². The zero-order chi connectivity index (χ0) is 17.8. The lowest BCUT2D eigenvalue weighted by molar-refractivity contribution is 0.249. The maximum absolute atomic E-state index is 11.8. The normalized spacial score (nSPS) is 17.8. The zero-order valence-corrected chi connectivity index (χ0v) is 14.9. The molecule has 0 spiro atoms. The van der Waals surface area contributed by atoms with Crippen LogP contribution in [0.25, 0.3) is 0 Å². The van der Waals surface area contributed by atoms with Crippen LogP contribution in [-0.2, 0) is 6.54 Å². The van der Waals surface area contributed by atoms with Crippen molar-refractivity contribution < 1.29 is 4.79 Å². The third kappa shape index (κ3) is 4.52. The quantitative estimate of drug-likeness (QED) is 0.869. The van der Waals surface area contributed by atoms with Gasteiger partial charge in [-0.15, -0.1) is 0 Å². The van der Waals surface area contributed by atoms with Gasteiger partial charge in [-0.05, 0) is 30.5 Å². The van der Waals surface area contributed by atoms with Crippen molar-refractivity contribution in [2.24, 2.45) is 0 Å². The maximum atomic E-state index is 11.8. The molecule has 1 aromatic heterocycles. The van der Waals surface area contributed by atoms with Gasteiger partial charge in [0.1, 0.15) is 5.82 Å². The highest BCUT2D eigenvalue weighted by atomic mass is 16.2. The van der Waals surface area contributed by atoms with E-state index >= 15 is 0 Å². The van der Waals surface area contributed by atoms with Crippen LogP contribution < -0.4 is 15.5 Å². The molecule has 0 bridgehead atoms. The van der Waals surface area contributed by atoms with E-state index in [9.17, 15) is 4.79 Å². The number of amides is 2. The Labute approximate surface area is 154 Å². The van der Waals surface area contributed by atoms with Gasteiger partial charge in [-0.1, -0.05) is 30.3 Å². The molecule has 136 valence electrons. The van der Waals surface area contributed by atoms with Crippen LogP contribution in [0.5, 0.6) is 0 Å². The van der Waals surface area contributed by atoms with Gasteiger partial charge in [-0.3, -0.25) is 4.90 Å². The second kappa shape index (κ2) is 7.74. The Kier molecular flexibility index (Phi) is 5.02. The van der Waals surface area contributed by atoms with E-state index < -0.39 is 0 Å². The van der Waals surface area contributed by atoms with Gasteiger partial charge in [0.25, 0.3) is 0 Å².